The lowest BCUT2D eigenvalue weighted by atomic mass is 10.1. The molecule has 1 aromatic heterocycles. The molecule has 1 heterocycles. The van der Waals surface area contributed by atoms with Gasteiger partial charge in [0.2, 0.25) is 0 Å². The molecular formula is C18H22FN3O. The van der Waals surface area contributed by atoms with Crippen LogP contribution in [0.4, 0.5) is 4.39 Å². The van der Waals surface area contributed by atoms with Crippen LogP contribution in [0.3, 0.4) is 0 Å². The number of hydrogen-bond donors (Lipinski definition) is 0. The average molecular weight is 315 g/mol. The topological polar surface area (TPSA) is 36.4 Å². The third-order valence-electron chi connectivity index (χ3n) is 3.52. The number of aryl methyl sites for hydroxylation is 1. The second-order valence-electron chi connectivity index (χ2n) is 5.90. The van der Waals surface area contributed by atoms with Gasteiger partial charge in [-0.05, 0) is 62.5 Å². The normalized spacial score (nSPS) is 10.8. The van der Waals surface area contributed by atoms with Gasteiger partial charge >= 0.3 is 0 Å². The first-order valence-corrected chi connectivity index (χ1v) is 7.56. The largest absolute Gasteiger partial charge is 0.333 e. The highest BCUT2D eigenvalue weighted by Gasteiger charge is 2.17. The van der Waals surface area contributed by atoms with Gasteiger partial charge in [-0.2, -0.15) is 0 Å². The molecule has 2 rings (SSSR count). The van der Waals surface area contributed by atoms with Gasteiger partial charge in [0.05, 0.1) is 0 Å². The number of hydrogen-bond acceptors (Lipinski definition) is 3. The Morgan fingerprint density at radius 1 is 1.13 bits per heavy atom. The fraction of sp³-hybridized carbons (Fsp3) is 0.333. The molecule has 0 spiro atoms. The van der Waals surface area contributed by atoms with Gasteiger partial charge in [0.25, 0.3) is 5.91 Å². The van der Waals surface area contributed by atoms with Gasteiger partial charge < -0.3 is 9.80 Å². The first kappa shape index (κ1) is 17.1. The SMILES string of the molecule is Cc1cc(F)cc(C(=O)N(CCN(C)C)Cc2ccncc2)c1. The number of rotatable bonds is 6. The summed E-state index contributed by atoms with van der Waals surface area (Å²) in [5.41, 5.74) is 2.13. The molecule has 0 aliphatic heterocycles. The van der Waals surface area contributed by atoms with Crippen molar-refractivity contribution < 1.29 is 9.18 Å². The van der Waals surface area contributed by atoms with Crippen LogP contribution in [0.15, 0.2) is 42.7 Å². The van der Waals surface area contributed by atoms with Gasteiger partial charge in [-0.25, -0.2) is 4.39 Å². The molecule has 0 aliphatic rings. The highest BCUT2D eigenvalue weighted by Crippen LogP contribution is 2.13. The second-order valence-corrected chi connectivity index (χ2v) is 5.90. The summed E-state index contributed by atoms with van der Waals surface area (Å²) in [5, 5.41) is 0. The second kappa shape index (κ2) is 7.83. The standard InChI is InChI=1S/C18H22FN3O/c1-14-10-16(12-17(19)11-14)18(23)22(9-8-21(2)3)13-15-4-6-20-7-5-15/h4-7,10-12H,8-9,13H2,1-3H3. The van der Waals surface area contributed by atoms with Crippen molar-refractivity contribution in [2.75, 3.05) is 27.2 Å². The van der Waals surface area contributed by atoms with Crippen LogP contribution >= 0.6 is 0 Å². The quantitative estimate of drug-likeness (QED) is 0.822. The molecule has 0 aliphatic carbocycles. The third-order valence-corrected chi connectivity index (χ3v) is 3.52. The molecule has 0 bridgehead atoms. The Labute approximate surface area is 136 Å². The van der Waals surface area contributed by atoms with Crippen LogP contribution in [-0.2, 0) is 6.54 Å². The van der Waals surface area contributed by atoms with Crippen LogP contribution in [0.2, 0.25) is 0 Å². The summed E-state index contributed by atoms with van der Waals surface area (Å²) < 4.78 is 13.6. The Kier molecular flexibility index (Phi) is 5.82. The maximum Gasteiger partial charge on any atom is 0.254 e. The lowest BCUT2D eigenvalue weighted by molar-refractivity contribution is 0.0731. The minimum atomic E-state index is -0.384. The van der Waals surface area contributed by atoms with E-state index in [1.54, 1.807) is 30.3 Å². The molecule has 0 saturated heterocycles. The van der Waals surface area contributed by atoms with E-state index in [0.29, 0.717) is 18.7 Å². The van der Waals surface area contributed by atoms with Gasteiger partial charge in [0, 0.05) is 37.6 Å². The monoisotopic (exact) mass is 315 g/mol. The van der Waals surface area contributed by atoms with Gasteiger partial charge in [-0.1, -0.05) is 0 Å². The third kappa shape index (κ3) is 5.14. The summed E-state index contributed by atoms with van der Waals surface area (Å²) >= 11 is 0. The van der Waals surface area contributed by atoms with Crippen LogP contribution < -0.4 is 0 Å². The van der Waals surface area contributed by atoms with E-state index < -0.39 is 0 Å². The van der Waals surface area contributed by atoms with Gasteiger partial charge in [0.15, 0.2) is 0 Å². The summed E-state index contributed by atoms with van der Waals surface area (Å²) in [6.45, 7) is 3.58. The zero-order valence-electron chi connectivity index (χ0n) is 13.8. The van der Waals surface area contributed by atoms with Gasteiger partial charge in [-0.15, -0.1) is 0 Å². The van der Waals surface area contributed by atoms with Crippen molar-refractivity contribution in [3.05, 3.63) is 65.2 Å². The summed E-state index contributed by atoms with van der Waals surface area (Å²) in [7, 11) is 3.92. The van der Waals surface area contributed by atoms with Crippen molar-refractivity contribution in [1.29, 1.82) is 0 Å². The molecule has 0 saturated carbocycles. The number of aromatic nitrogens is 1. The molecule has 0 fully saturated rings. The summed E-state index contributed by atoms with van der Waals surface area (Å²) in [6, 6.07) is 8.20. The minimum Gasteiger partial charge on any atom is -0.333 e. The fourth-order valence-electron chi connectivity index (χ4n) is 2.32. The van der Waals surface area contributed by atoms with E-state index in [1.165, 1.54) is 12.1 Å². The molecule has 0 unspecified atom stereocenters. The molecule has 2 aromatic rings. The highest BCUT2D eigenvalue weighted by atomic mass is 19.1. The molecule has 0 N–H and O–H groups in total. The van der Waals surface area contributed by atoms with E-state index in [0.717, 1.165) is 17.7 Å². The molecule has 5 heteroatoms. The minimum absolute atomic E-state index is 0.161. The number of likely N-dealkylation sites (N-methyl/N-ethyl adjacent to an activating group) is 1. The van der Waals surface area contributed by atoms with Crippen molar-refractivity contribution in [1.82, 2.24) is 14.8 Å². The van der Waals surface area contributed by atoms with Crippen LogP contribution in [0.1, 0.15) is 21.5 Å². The Balaban J connectivity index is 2.22. The Hall–Kier alpha value is -2.27. The summed E-state index contributed by atoms with van der Waals surface area (Å²) in [4.78, 5) is 20.5. The number of benzene rings is 1. The number of carbonyl (C=O) groups excluding carboxylic acids is 1. The number of halogens is 1. The molecule has 1 amide bonds. The lowest BCUT2D eigenvalue weighted by Crippen LogP contribution is -2.36. The highest BCUT2D eigenvalue weighted by molar-refractivity contribution is 5.94. The predicted molar refractivity (Wildman–Crippen MR) is 88.7 cm³/mol. The predicted octanol–water partition coefficient (Wildman–Crippen LogP) is 2.73. The first-order valence-electron chi connectivity index (χ1n) is 7.56. The maximum atomic E-state index is 13.6. The van der Waals surface area contributed by atoms with Crippen molar-refractivity contribution in [2.24, 2.45) is 0 Å². The zero-order valence-corrected chi connectivity index (χ0v) is 13.8. The van der Waals surface area contributed by atoms with Crippen LogP contribution in [0.5, 0.6) is 0 Å². The molecular weight excluding hydrogens is 293 g/mol. The molecule has 122 valence electrons. The Morgan fingerprint density at radius 2 is 1.83 bits per heavy atom. The summed E-state index contributed by atoms with van der Waals surface area (Å²) in [6.07, 6.45) is 3.41. The van der Waals surface area contributed by atoms with Crippen molar-refractivity contribution in [3.63, 3.8) is 0 Å². The molecule has 0 atom stereocenters. The molecule has 4 nitrogen and oxygen atoms in total. The van der Waals surface area contributed by atoms with Crippen LogP contribution in [-0.4, -0.2) is 47.9 Å². The smallest absolute Gasteiger partial charge is 0.254 e. The van der Waals surface area contributed by atoms with Crippen LogP contribution in [0, 0.1) is 12.7 Å². The lowest BCUT2D eigenvalue weighted by Gasteiger charge is -2.25. The maximum absolute atomic E-state index is 13.6. The molecule has 23 heavy (non-hydrogen) atoms. The van der Waals surface area contributed by atoms with Crippen molar-refractivity contribution in [3.8, 4) is 0 Å². The first-order chi connectivity index (χ1) is 11.0. The van der Waals surface area contributed by atoms with E-state index in [-0.39, 0.29) is 11.7 Å². The Bertz CT molecular complexity index is 638. The van der Waals surface area contributed by atoms with E-state index in [1.807, 2.05) is 31.1 Å². The number of carbonyl (C=O) groups is 1. The van der Waals surface area contributed by atoms with Gasteiger partial charge in [-0.3, -0.25) is 9.78 Å². The van der Waals surface area contributed by atoms with E-state index in [4.69, 9.17) is 0 Å². The number of nitrogens with zero attached hydrogens (tertiary/aromatic N) is 3. The molecule has 1 aromatic carbocycles. The molecule has 0 radical (unpaired) electrons. The fourth-order valence-corrected chi connectivity index (χ4v) is 2.32. The average Bonchev–Trinajstić information content (AvgIpc) is 2.50. The number of amides is 1. The van der Waals surface area contributed by atoms with E-state index in [9.17, 15) is 9.18 Å². The summed E-state index contributed by atoms with van der Waals surface area (Å²) in [5.74, 6) is -0.545. The van der Waals surface area contributed by atoms with Crippen molar-refractivity contribution >= 4 is 5.91 Å². The van der Waals surface area contributed by atoms with Crippen molar-refractivity contribution in [2.45, 2.75) is 13.5 Å². The Morgan fingerprint density at radius 3 is 2.43 bits per heavy atom. The van der Waals surface area contributed by atoms with E-state index >= 15 is 0 Å². The van der Waals surface area contributed by atoms with Crippen LogP contribution in [0.25, 0.3) is 0 Å². The van der Waals surface area contributed by atoms with E-state index in [2.05, 4.69) is 4.98 Å². The number of pyridine rings is 1. The van der Waals surface area contributed by atoms with Gasteiger partial charge in [0.1, 0.15) is 5.82 Å². The zero-order chi connectivity index (χ0) is 16.8.